The van der Waals surface area contributed by atoms with Gasteiger partial charge in [0.2, 0.25) is 0 Å². The average molecular weight is 517 g/mol. The van der Waals surface area contributed by atoms with Crippen LogP contribution in [0.25, 0.3) is 38.8 Å². The number of fused-ring (bicyclic) bond motifs is 2. The van der Waals surface area contributed by atoms with Gasteiger partial charge < -0.3 is 20.1 Å². The van der Waals surface area contributed by atoms with E-state index >= 15 is 0 Å². The smallest absolute Gasteiger partial charge is 0.255 e. The molecule has 0 spiro atoms. The third-order valence-corrected chi connectivity index (χ3v) is 6.93. The molecule has 5 aromatic rings. The lowest BCUT2D eigenvalue weighted by Gasteiger charge is -2.33. The molecule has 11 heteroatoms. The summed E-state index contributed by atoms with van der Waals surface area (Å²) in [6.45, 7) is 3.25. The molecule has 1 aliphatic rings. The number of pyridine rings is 3. The highest BCUT2D eigenvalue weighted by Crippen LogP contribution is 2.32. The van der Waals surface area contributed by atoms with Gasteiger partial charge in [-0.3, -0.25) is 4.79 Å². The Balaban J connectivity index is 1.31. The number of carbonyl (C=O) groups is 1. The maximum absolute atomic E-state index is 12.6. The van der Waals surface area contributed by atoms with Crippen molar-refractivity contribution in [3.63, 3.8) is 0 Å². The first-order chi connectivity index (χ1) is 18.5. The van der Waals surface area contributed by atoms with Gasteiger partial charge in [0.1, 0.15) is 11.5 Å². The van der Waals surface area contributed by atoms with Crippen molar-refractivity contribution < 1.29 is 13.6 Å². The number of H-pyrrole nitrogens is 1. The lowest BCUT2D eigenvalue weighted by Crippen LogP contribution is -2.44. The topological polar surface area (TPSA) is 94.5 Å². The molecule has 6 rings (SSSR count). The van der Waals surface area contributed by atoms with Crippen LogP contribution in [0.2, 0.25) is 0 Å². The van der Waals surface area contributed by atoms with E-state index in [-0.39, 0.29) is 5.56 Å². The molecule has 0 atom stereocenters. The number of halogens is 2. The van der Waals surface area contributed by atoms with Crippen LogP contribution in [0.5, 0.6) is 0 Å². The van der Waals surface area contributed by atoms with E-state index in [4.69, 9.17) is 4.98 Å². The number of piperazine rings is 1. The molecule has 1 saturated heterocycles. The molecule has 1 aliphatic heterocycles. The molecule has 0 unspecified atom stereocenters. The van der Waals surface area contributed by atoms with Crippen molar-refractivity contribution in [3.05, 3.63) is 66.9 Å². The fraction of sp³-hybridized carbons (Fsp3) is 0.259. The summed E-state index contributed by atoms with van der Waals surface area (Å²) in [5, 5.41) is 7.34. The highest BCUT2D eigenvalue weighted by Gasteiger charge is 2.18. The molecular weight excluding hydrogens is 490 g/mol. The molecule has 1 fully saturated rings. The largest absolute Gasteiger partial charge is 0.354 e. The van der Waals surface area contributed by atoms with Gasteiger partial charge in [0.05, 0.1) is 23.8 Å². The van der Waals surface area contributed by atoms with E-state index in [0.29, 0.717) is 5.52 Å². The van der Waals surface area contributed by atoms with E-state index < -0.39 is 18.9 Å². The summed E-state index contributed by atoms with van der Waals surface area (Å²) in [5.74, 6) is 0.383. The zero-order valence-electron chi connectivity index (χ0n) is 20.7. The van der Waals surface area contributed by atoms with E-state index in [1.807, 2.05) is 30.7 Å². The molecule has 194 valence electrons. The molecule has 6 heterocycles. The van der Waals surface area contributed by atoms with Gasteiger partial charge in [0.25, 0.3) is 12.3 Å². The van der Waals surface area contributed by atoms with E-state index in [0.717, 1.165) is 65.3 Å². The molecule has 0 aromatic carbocycles. The fourth-order valence-corrected chi connectivity index (χ4v) is 4.77. The lowest BCUT2D eigenvalue weighted by atomic mass is 10.0. The number of anilines is 1. The van der Waals surface area contributed by atoms with Crippen molar-refractivity contribution in [2.75, 3.05) is 44.7 Å². The Hall–Kier alpha value is -4.38. The predicted octanol–water partition coefficient (Wildman–Crippen LogP) is 3.69. The van der Waals surface area contributed by atoms with Gasteiger partial charge in [-0.05, 0) is 42.9 Å². The molecule has 2 N–H and O–H groups in total. The van der Waals surface area contributed by atoms with Crippen molar-refractivity contribution in [3.8, 4) is 22.3 Å². The first-order valence-electron chi connectivity index (χ1n) is 12.4. The Kier molecular flexibility index (Phi) is 6.20. The molecule has 1 amide bonds. The Bertz CT molecular complexity index is 1600. The molecule has 0 saturated carbocycles. The lowest BCUT2D eigenvalue weighted by molar-refractivity contribution is 0.0893. The quantitative estimate of drug-likeness (QED) is 0.358. The van der Waals surface area contributed by atoms with Crippen LogP contribution >= 0.6 is 0 Å². The van der Waals surface area contributed by atoms with Gasteiger partial charge >= 0.3 is 0 Å². The Morgan fingerprint density at radius 2 is 1.84 bits per heavy atom. The van der Waals surface area contributed by atoms with Crippen LogP contribution in [0, 0.1) is 0 Å². The maximum atomic E-state index is 12.6. The van der Waals surface area contributed by atoms with Crippen LogP contribution in [0.1, 0.15) is 10.4 Å². The second-order valence-corrected chi connectivity index (χ2v) is 9.42. The molecule has 9 nitrogen and oxygen atoms in total. The molecule has 0 bridgehead atoms. The van der Waals surface area contributed by atoms with E-state index in [1.54, 1.807) is 10.7 Å². The number of nitrogens with one attached hydrogen (secondary N) is 2. The molecule has 0 aliphatic carbocycles. The number of likely N-dealkylation sites (N-methyl/N-ethyl adjacent to an activating group) is 1. The number of rotatable bonds is 6. The van der Waals surface area contributed by atoms with Crippen LogP contribution < -0.4 is 10.2 Å². The molecular formula is C27H26F2N8O. The highest BCUT2D eigenvalue weighted by atomic mass is 19.3. The fourth-order valence-electron chi connectivity index (χ4n) is 4.77. The van der Waals surface area contributed by atoms with Crippen LogP contribution in [0.4, 0.5) is 14.6 Å². The number of nitrogens with zero attached hydrogens (tertiary/aromatic N) is 6. The zero-order valence-corrected chi connectivity index (χ0v) is 20.7. The summed E-state index contributed by atoms with van der Waals surface area (Å²) in [4.78, 5) is 29.6. The number of amides is 1. The summed E-state index contributed by atoms with van der Waals surface area (Å²) < 4.78 is 26.7. The number of hydrogen-bond donors (Lipinski definition) is 2. The van der Waals surface area contributed by atoms with Crippen molar-refractivity contribution >= 4 is 28.3 Å². The minimum Gasteiger partial charge on any atom is -0.354 e. The maximum Gasteiger partial charge on any atom is 0.255 e. The summed E-state index contributed by atoms with van der Waals surface area (Å²) >= 11 is 0. The standard InChI is InChI=1S/C27H26F2N8O/c1-35-6-8-36(9-7-35)25-3-2-18(12-30-25)19-10-20-21(14-32-26(20)31-13-19)17-4-5-37-23(11-17)22(15-34-37)27(38)33-16-24(28)29/h2-5,10-15,24H,6-9,16H2,1H3,(H,31,32)(H,33,38). The number of alkyl halides is 2. The summed E-state index contributed by atoms with van der Waals surface area (Å²) in [5.41, 5.74) is 5.14. The minimum atomic E-state index is -2.62. The molecule has 38 heavy (non-hydrogen) atoms. The summed E-state index contributed by atoms with van der Waals surface area (Å²) in [6, 6.07) is 9.90. The molecule has 5 aromatic heterocycles. The van der Waals surface area contributed by atoms with E-state index in [1.165, 1.54) is 6.20 Å². The van der Waals surface area contributed by atoms with Crippen molar-refractivity contribution in [2.24, 2.45) is 0 Å². The average Bonchev–Trinajstić information content (AvgIpc) is 3.56. The summed E-state index contributed by atoms with van der Waals surface area (Å²) in [7, 11) is 2.13. The highest BCUT2D eigenvalue weighted by molar-refractivity contribution is 6.02. The minimum absolute atomic E-state index is 0.234. The SMILES string of the molecule is CN1CCN(c2ccc(-c3cnc4[nH]cc(-c5ccn6ncc(C(=O)NCC(F)F)c6c5)c4c3)cn2)CC1. The Labute approximate surface area is 217 Å². The molecule has 0 radical (unpaired) electrons. The summed E-state index contributed by atoms with van der Waals surface area (Å²) in [6.07, 6.45) is 6.07. The van der Waals surface area contributed by atoms with Gasteiger partial charge in [-0.15, -0.1) is 0 Å². The van der Waals surface area contributed by atoms with Crippen molar-refractivity contribution in [1.29, 1.82) is 0 Å². The second-order valence-electron chi connectivity index (χ2n) is 9.42. The van der Waals surface area contributed by atoms with E-state index in [2.05, 4.69) is 55.4 Å². The second kappa shape index (κ2) is 9.82. The van der Waals surface area contributed by atoms with Crippen LogP contribution in [-0.4, -0.2) is 81.6 Å². The number of aromatic nitrogens is 5. The number of hydrogen-bond acceptors (Lipinski definition) is 6. The van der Waals surface area contributed by atoms with Gasteiger partial charge in [-0.2, -0.15) is 5.10 Å². The van der Waals surface area contributed by atoms with Crippen molar-refractivity contribution in [1.82, 2.24) is 34.8 Å². The Morgan fingerprint density at radius 1 is 1.03 bits per heavy atom. The Morgan fingerprint density at radius 3 is 2.61 bits per heavy atom. The monoisotopic (exact) mass is 516 g/mol. The third kappa shape index (κ3) is 4.56. The van der Waals surface area contributed by atoms with Crippen LogP contribution in [0.15, 0.2) is 61.3 Å². The van der Waals surface area contributed by atoms with Crippen LogP contribution in [-0.2, 0) is 0 Å². The van der Waals surface area contributed by atoms with Gasteiger partial charge in [-0.25, -0.2) is 23.3 Å². The van der Waals surface area contributed by atoms with Crippen molar-refractivity contribution in [2.45, 2.75) is 6.43 Å². The zero-order chi connectivity index (χ0) is 26.2. The third-order valence-electron chi connectivity index (χ3n) is 6.93. The first-order valence-corrected chi connectivity index (χ1v) is 12.4. The van der Waals surface area contributed by atoms with E-state index in [9.17, 15) is 13.6 Å². The van der Waals surface area contributed by atoms with Gasteiger partial charge in [-0.1, -0.05) is 0 Å². The number of aromatic amines is 1. The van der Waals surface area contributed by atoms with Gasteiger partial charge in [0.15, 0.2) is 0 Å². The predicted molar refractivity (Wildman–Crippen MR) is 142 cm³/mol. The van der Waals surface area contributed by atoms with Gasteiger partial charge in [0, 0.05) is 73.0 Å². The normalized spacial score (nSPS) is 14.6. The first kappa shape index (κ1) is 24.0. The van der Waals surface area contributed by atoms with Crippen LogP contribution in [0.3, 0.4) is 0 Å². The number of carbonyl (C=O) groups excluding carboxylic acids is 1.